The molecule has 20 heteroatoms. The maximum atomic E-state index is 12.3. The summed E-state index contributed by atoms with van der Waals surface area (Å²) in [6, 6.07) is 2.58. The molecule has 0 atom stereocenters. The number of rotatable bonds is 8. The third-order valence-electron chi connectivity index (χ3n) is 6.96. The Labute approximate surface area is 260 Å². The van der Waals surface area contributed by atoms with E-state index in [1.165, 1.54) is 0 Å². The van der Waals surface area contributed by atoms with E-state index in [0.29, 0.717) is 24.3 Å². The van der Waals surface area contributed by atoms with E-state index in [1.54, 1.807) is 0 Å². The molecule has 8 bridgehead atoms. The predicted octanol–water partition coefficient (Wildman–Crippen LogP) is 1.27. The number of aromatic nitrogens is 4. The number of nitrogens with zero attached hydrogens (tertiary/aromatic N) is 2. The Hall–Kier alpha value is -7.64. The van der Waals surface area contributed by atoms with Crippen molar-refractivity contribution in [2.24, 2.45) is 0 Å². The highest BCUT2D eigenvalue weighted by Gasteiger charge is 2.34. The molecule has 5 rings (SSSR count). The Balaban J connectivity index is 2.19. The molecule has 20 nitrogen and oxygen atoms in total. The predicted molar refractivity (Wildman–Crippen MR) is 153 cm³/mol. The van der Waals surface area contributed by atoms with Gasteiger partial charge in [0.15, 0.2) is 0 Å². The van der Waals surface area contributed by atoms with Crippen LogP contribution in [0.1, 0.15) is 64.2 Å². The molecule has 10 N–H and O–H groups in total. The fourth-order valence-electron chi connectivity index (χ4n) is 5.23. The van der Waals surface area contributed by atoms with Crippen LogP contribution in [0.15, 0.2) is 24.3 Å². The number of aromatic amines is 2. The minimum absolute atomic E-state index is 0.645. The van der Waals surface area contributed by atoms with E-state index in [2.05, 4.69) is 19.9 Å². The highest BCUT2D eigenvalue weighted by molar-refractivity contribution is 6.38. The molecule has 0 fully saturated rings. The topological polar surface area (TPSA) is 356 Å². The minimum atomic E-state index is -1.93. The SMILES string of the molecule is O=C(O)C1=C(C(=O)O)c2cc3[nH]c(cc4nc(cc5[nH]c(cc1n2)c(C(=O)O)c5C(=O)O)C(C(=O)O)=C4C(=O)O)c(C(=O)O)c3C(=O)O. The zero-order chi connectivity index (χ0) is 35.5. The van der Waals surface area contributed by atoms with Gasteiger partial charge in [0.25, 0.3) is 0 Å². The molecule has 0 radical (unpaired) electrons. The Bertz CT molecular complexity index is 2050. The number of carbonyl (C=O) groups is 8. The molecular formula is C28H14N4O16. The van der Waals surface area contributed by atoms with Crippen LogP contribution < -0.4 is 0 Å². The van der Waals surface area contributed by atoms with Crippen LogP contribution in [0.4, 0.5) is 0 Å². The van der Waals surface area contributed by atoms with Crippen molar-refractivity contribution >= 4 is 92.1 Å². The van der Waals surface area contributed by atoms with Gasteiger partial charge in [-0.2, -0.15) is 0 Å². The van der Waals surface area contributed by atoms with E-state index < -0.39 is 137 Å². The zero-order valence-corrected chi connectivity index (χ0v) is 23.0. The van der Waals surface area contributed by atoms with Crippen molar-refractivity contribution in [3.8, 4) is 0 Å². The summed E-state index contributed by atoms with van der Waals surface area (Å²) in [5.41, 5.74) is -14.4. The number of hydrogen-bond donors (Lipinski definition) is 10. The molecule has 2 aliphatic rings. The number of aliphatic carboxylic acids is 4. The molecule has 242 valence electrons. The molecule has 3 aromatic rings. The largest absolute Gasteiger partial charge is 0.478 e. The van der Waals surface area contributed by atoms with Crippen LogP contribution in [-0.4, -0.2) is 109 Å². The number of aromatic carboxylic acids is 4. The molecule has 2 aliphatic heterocycles. The van der Waals surface area contributed by atoms with E-state index in [0.717, 1.165) is 0 Å². The first kappa shape index (κ1) is 31.8. The highest BCUT2D eigenvalue weighted by atomic mass is 16.4. The molecule has 0 saturated heterocycles. The first-order valence-corrected chi connectivity index (χ1v) is 12.6. The summed E-state index contributed by atoms with van der Waals surface area (Å²) < 4.78 is 0. The van der Waals surface area contributed by atoms with Gasteiger partial charge in [-0.15, -0.1) is 0 Å². The number of nitrogens with one attached hydrogen (secondary N) is 2. The third kappa shape index (κ3) is 4.92. The van der Waals surface area contributed by atoms with Gasteiger partial charge >= 0.3 is 47.8 Å². The number of carboxylic acids is 8. The van der Waals surface area contributed by atoms with Crippen molar-refractivity contribution in [2.45, 2.75) is 0 Å². The molecular weight excluding hydrogens is 648 g/mol. The van der Waals surface area contributed by atoms with Crippen molar-refractivity contribution in [3.63, 3.8) is 0 Å². The van der Waals surface area contributed by atoms with Crippen LogP contribution in [0, 0.1) is 0 Å². The minimum Gasteiger partial charge on any atom is -0.478 e. The van der Waals surface area contributed by atoms with Gasteiger partial charge in [-0.3, -0.25) is 0 Å². The summed E-state index contributed by atoms with van der Waals surface area (Å²) in [5.74, 6) is -15.4. The van der Waals surface area contributed by atoms with Gasteiger partial charge in [-0.05, 0) is 24.3 Å². The van der Waals surface area contributed by atoms with Gasteiger partial charge in [-0.25, -0.2) is 48.3 Å². The van der Waals surface area contributed by atoms with E-state index in [-0.39, 0.29) is 0 Å². The number of fused-ring (bicyclic) bond motifs is 8. The lowest BCUT2D eigenvalue weighted by molar-refractivity contribution is -0.132. The normalized spacial score (nSPS) is 12.5. The second-order valence-corrected chi connectivity index (χ2v) is 9.69. The second-order valence-electron chi connectivity index (χ2n) is 9.69. The van der Waals surface area contributed by atoms with E-state index >= 15 is 0 Å². The number of H-pyrrole nitrogens is 2. The lowest BCUT2D eigenvalue weighted by Crippen LogP contribution is -2.07. The molecule has 0 aromatic carbocycles. The van der Waals surface area contributed by atoms with Crippen LogP contribution in [-0.2, 0) is 19.2 Å². The fraction of sp³-hybridized carbons (Fsp3) is 0. The monoisotopic (exact) mass is 662 g/mol. The van der Waals surface area contributed by atoms with Crippen LogP contribution in [0.5, 0.6) is 0 Å². The molecule has 0 saturated carbocycles. The second kappa shape index (κ2) is 11.1. The van der Waals surface area contributed by atoms with E-state index in [4.69, 9.17) is 0 Å². The maximum absolute atomic E-state index is 12.3. The Morgan fingerprint density at radius 1 is 0.354 bits per heavy atom. The van der Waals surface area contributed by atoms with Crippen molar-refractivity contribution in [1.29, 1.82) is 0 Å². The van der Waals surface area contributed by atoms with Crippen molar-refractivity contribution in [1.82, 2.24) is 19.9 Å². The molecule has 0 spiro atoms. The van der Waals surface area contributed by atoms with Gasteiger partial charge in [0, 0.05) is 0 Å². The van der Waals surface area contributed by atoms with Crippen molar-refractivity contribution in [2.75, 3.05) is 0 Å². The van der Waals surface area contributed by atoms with Gasteiger partial charge in [0.1, 0.15) is 22.3 Å². The standard InChI is InChI=1S/C28H14N4O16/c33-21(34)13-5-1-6-14(22(35)36)16(24(39)40)8(30-6)3-10-18(26(43)44)20(28(47)48)12(32-10)4-11-19(27(45)46)17(25(41)42)9(31-11)2-7(29-5)15(13)23(37)38/h1-4,29,32H,(H,33,34)(H,35,36)(H,37,38)(H,39,40)(H,41,42)(H,43,44)(H,45,46)(H,47,48). The van der Waals surface area contributed by atoms with Crippen LogP contribution in [0.2, 0.25) is 0 Å². The molecule has 3 aromatic heterocycles. The summed E-state index contributed by atoms with van der Waals surface area (Å²) in [7, 11) is 0. The molecule has 0 unspecified atom stereocenters. The smallest absolute Gasteiger partial charge is 0.338 e. The summed E-state index contributed by atoms with van der Waals surface area (Å²) >= 11 is 0. The lowest BCUT2D eigenvalue weighted by Gasteiger charge is -1.99. The number of carboxylic acid groups (broad SMARTS) is 8. The molecule has 48 heavy (non-hydrogen) atoms. The van der Waals surface area contributed by atoms with Gasteiger partial charge < -0.3 is 50.8 Å². The quantitative estimate of drug-likeness (QED) is 0.162. The Kier molecular flexibility index (Phi) is 7.32. The molecule has 5 heterocycles. The molecule has 0 aliphatic carbocycles. The average molecular weight is 662 g/mol. The van der Waals surface area contributed by atoms with E-state index in [9.17, 15) is 79.2 Å². The van der Waals surface area contributed by atoms with Crippen molar-refractivity contribution < 1.29 is 79.2 Å². The summed E-state index contributed by atoms with van der Waals surface area (Å²) in [6.45, 7) is 0. The summed E-state index contributed by atoms with van der Waals surface area (Å²) in [4.78, 5) is 111. The highest BCUT2D eigenvalue weighted by Crippen LogP contribution is 2.35. The average Bonchev–Trinajstić information content (AvgIpc) is 3.69. The van der Waals surface area contributed by atoms with E-state index in [1.807, 2.05) is 0 Å². The van der Waals surface area contributed by atoms with Gasteiger partial charge in [0.2, 0.25) is 0 Å². The van der Waals surface area contributed by atoms with Crippen LogP contribution in [0.25, 0.3) is 44.4 Å². The Morgan fingerprint density at radius 2 is 0.542 bits per heavy atom. The maximum Gasteiger partial charge on any atom is 0.338 e. The first-order valence-electron chi connectivity index (χ1n) is 12.6. The van der Waals surface area contributed by atoms with Crippen molar-refractivity contribution in [3.05, 3.63) is 69.3 Å². The molecule has 0 amide bonds. The zero-order valence-electron chi connectivity index (χ0n) is 23.0. The third-order valence-corrected chi connectivity index (χ3v) is 6.96. The fourth-order valence-corrected chi connectivity index (χ4v) is 5.23. The Morgan fingerprint density at radius 3 is 0.688 bits per heavy atom. The summed E-state index contributed by atoms with van der Waals surface area (Å²) in [6.07, 6.45) is 0. The first-order chi connectivity index (χ1) is 22.4. The lowest BCUT2D eigenvalue weighted by atomic mass is 10.0. The van der Waals surface area contributed by atoms with Crippen LogP contribution in [0.3, 0.4) is 0 Å². The van der Waals surface area contributed by atoms with Crippen LogP contribution >= 0.6 is 0 Å². The van der Waals surface area contributed by atoms with Gasteiger partial charge in [-0.1, -0.05) is 0 Å². The number of hydrogen-bond acceptors (Lipinski definition) is 10. The van der Waals surface area contributed by atoms with Gasteiger partial charge in [0.05, 0.1) is 67.1 Å². The summed E-state index contributed by atoms with van der Waals surface area (Å²) in [5, 5.41) is 79.4.